The summed E-state index contributed by atoms with van der Waals surface area (Å²) in [7, 11) is 0. The molecule has 0 spiro atoms. The number of rotatable bonds is 4. The van der Waals surface area contributed by atoms with E-state index in [1.165, 1.54) is 17.3 Å². The van der Waals surface area contributed by atoms with Crippen molar-refractivity contribution in [2.24, 2.45) is 0 Å². The highest BCUT2D eigenvalue weighted by atomic mass is 32.1. The molecule has 23 heavy (non-hydrogen) atoms. The molecule has 7 heteroatoms. The largest absolute Gasteiger partial charge is 0.451 e. The van der Waals surface area contributed by atoms with E-state index in [1.54, 1.807) is 23.2 Å². The van der Waals surface area contributed by atoms with Gasteiger partial charge in [0.2, 0.25) is 0 Å². The van der Waals surface area contributed by atoms with Crippen molar-refractivity contribution >= 4 is 23.2 Å². The molecule has 2 aromatic heterocycles. The van der Waals surface area contributed by atoms with Crippen LogP contribution in [-0.4, -0.2) is 39.9 Å². The van der Waals surface area contributed by atoms with E-state index in [0.717, 1.165) is 12.8 Å². The Balaban J connectivity index is 1.58. The molecule has 0 aromatic carbocycles. The maximum atomic E-state index is 12.4. The first-order chi connectivity index (χ1) is 11.1. The zero-order chi connectivity index (χ0) is 16.2. The van der Waals surface area contributed by atoms with Gasteiger partial charge in [-0.1, -0.05) is 6.07 Å². The third-order valence-corrected chi connectivity index (χ3v) is 4.74. The van der Waals surface area contributed by atoms with Crippen LogP contribution in [0.2, 0.25) is 0 Å². The van der Waals surface area contributed by atoms with Gasteiger partial charge in [-0.15, -0.1) is 11.3 Å². The van der Waals surface area contributed by atoms with Crippen LogP contribution in [0.3, 0.4) is 0 Å². The van der Waals surface area contributed by atoms with Gasteiger partial charge in [0.1, 0.15) is 0 Å². The van der Waals surface area contributed by atoms with Gasteiger partial charge in [-0.3, -0.25) is 9.78 Å². The number of thiophene rings is 1. The fourth-order valence-corrected chi connectivity index (χ4v) is 3.50. The van der Waals surface area contributed by atoms with E-state index in [4.69, 9.17) is 4.74 Å². The number of amides is 1. The quantitative estimate of drug-likeness (QED) is 0.804. The van der Waals surface area contributed by atoms with Crippen molar-refractivity contribution in [1.29, 1.82) is 0 Å². The van der Waals surface area contributed by atoms with E-state index in [1.807, 2.05) is 17.5 Å². The van der Waals surface area contributed by atoms with Gasteiger partial charge in [-0.25, -0.2) is 9.78 Å². The Labute approximate surface area is 138 Å². The topological polar surface area (TPSA) is 72.4 Å². The van der Waals surface area contributed by atoms with Crippen LogP contribution in [-0.2, 0) is 9.53 Å². The van der Waals surface area contributed by atoms with Crippen LogP contribution < -0.4 is 0 Å². The fraction of sp³-hybridized carbons (Fsp3) is 0.375. The van der Waals surface area contributed by atoms with Gasteiger partial charge in [-0.05, 0) is 31.2 Å². The summed E-state index contributed by atoms with van der Waals surface area (Å²) >= 11 is 1.64. The lowest BCUT2D eigenvalue weighted by Crippen LogP contribution is -2.34. The fourth-order valence-electron chi connectivity index (χ4n) is 2.62. The average Bonchev–Trinajstić information content (AvgIpc) is 3.23. The molecule has 6 nitrogen and oxygen atoms in total. The molecule has 1 unspecified atom stereocenters. The van der Waals surface area contributed by atoms with Gasteiger partial charge >= 0.3 is 5.97 Å². The molecule has 3 heterocycles. The van der Waals surface area contributed by atoms with Crippen molar-refractivity contribution in [2.45, 2.75) is 25.8 Å². The Kier molecular flexibility index (Phi) is 4.66. The molecule has 3 rings (SSSR count). The van der Waals surface area contributed by atoms with Crippen molar-refractivity contribution in [3.63, 3.8) is 0 Å². The Hall–Kier alpha value is -2.28. The smallest absolute Gasteiger partial charge is 0.359 e. The number of aryl methyl sites for hydroxylation is 1. The van der Waals surface area contributed by atoms with E-state index >= 15 is 0 Å². The standard InChI is InChI=1S/C16H17N3O3S/c1-11-8-18-12(9-17-11)16(21)22-10-15(20)19-6-2-4-13(19)14-5-3-7-23-14/h3,5,7-9,13H,2,4,6,10H2,1H3. The number of carbonyl (C=O) groups is 2. The minimum atomic E-state index is -0.627. The molecule has 120 valence electrons. The third kappa shape index (κ3) is 3.56. The molecule has 1 aliphatic rings. The van der Waals surface area contributed by atoms with Crippen molar-refractivity contribution in [3.8, 4) is 0 Å². The number of carbonyl (C=O) groups excluding carboxylic acids is 2. The van der Waals surface area contributed by atoms with Gasteiger partial charge < -0.3 is 9.64 Å². The van der Waals surface area contributed by atoms with E-state index in [9.17, 15) is 9.59 Å². The maximum Gasteiger partial charge on any atom is 0.359 e. The van der Waals surface area contributed by atoms with Crippen molar-refractivity contribution in [3.05, 3.63) is 46.2 Å². The summed E-state index contributed by atoms with van der Waals surface area (Å²) in [6.45, 7) is 2.21. The van der Waals surface area contributed by atoms with Crippen molar-refractivity contribution in [2.75, 3.05) is 13.2 Å². The van der Waals surface area contributed by atoms with E-state index in [0.29, 0.717) is 12.2 Å². The van der Waals surface area contributed by atoms with Gasteiger partial charge in [0, 0.05) is 17.6 Å². The Bertz CT molecular complexity index is 685. The van der Waals surface area contributed by atoms with Crippen molar-refractivity contribution < 1.29 is 14.3 Å². The monoisotopic (exact) mass is 331 g/mol. The van der Waals surface area contributed by atoms with E-state index in [2.05, 4.69) is 9.97 Å². The van der Waals surface area contributed by atoms with Crippen LogP contribution in [0.1, 0.15) is 39.9 Å². The Morgan fingerprint density at radius 1 is 1.39 bits per heavy atom. The molecule has 0 radical (unpaired) electrons. The molecule has 0 saturated carbocycles. The lowest BCUT2D eigenvalue weighted by Gasteiger charge is -2.23. The summed E-state index contributed by atoms with van der Waals surface area (Å²) in [5.41, 5.74) is 0.827. The Morgan fingerprint density at radius 2 is 2.26 bits per heavy atom. The van der Waals surface area contributed by atoms with Crippen LogP contribution in [0.4, 0.5) is 0 Å². The molecule has 1 atom stereocenters. The summed E-state index contributed by atoms with van der Waals surface area (Å²) in [6, 6.07) is 4.12. The minimum Gasteiger partial charge on any atom is -0.451 e. The summed E-state index contributed by atoms with van der Waals surface area (Å²) in [5.74, 6) is -0.799. The predicted molar refractivity (Wildman–Crippen MR) is 85.1 cm³/mol. The summed E-state index contributed by atoms with van der Waals surface area (Å²) in [5, 5.41) is 2.01. The van der Waals surface area contributed by atoms with Crippen LogP contribution in [0.15, 0.2) is 29.9 Å². The number of hydrogen-bond acceptors (Lipinski definition) is 6. The maximum absolute atomic E-state index is 12.4. The molecule has 0 N–H and O–H groups in total. The van der Waals surface area contributed by atoms with Gasteiger partial charge in [0.15, 0.2) is 12.3 Å². The third-order valence-electron chi connectivity index (χ3n) is 3.76. The first-order valence-electron chi connectivity index (χ1n) is 7.44. The number of aromatic nitrogens is 2. The van der Waals surface area contributed by atoms with Crippen LogP contribution in [0.5, 0.6) is 0 Å². The van der Waals surface area contributed by atoms with Gasteiger partial charge in [0.25, 0.3) is 5.91 Å². The van der Waals surface area contributed by atoms with Crippen LogP contribution in [0, 0.1) is 6.92 Å². The number of esters is 1. The first kappa shape index (κ1) is 15.6. The van der Waals surface area contributed by atoms with Gasteiger partial charge in [-0.2, -0.15) is 0 Å². The molecule has 1 fully saturated rings. The van der Waals surface area contributed by atoms with Crippen LogP contribution in [0.25, 0.3) is 0 Å². The zero-order valence-corrected chi connectivity index (χ0v) is 13.6. The lowest BCUT2D eigenvalue weighted by atomic mass is 10.2. The second kappa shape index (κ2) is 6.87. The average molecular weight is 331 g/mol. The molecule has 0 bridgehead atoms. The molecular weight excluding hydrogens is 314 g/mol. The summed E-state index contributed by atoms with van der Waals surface area (Å²) < 4.78 is 5.08. The summed E-state index contributed by atoms with van der Waals surface area (Å²) in [6.07, 6.45) is 4.76. The highest BCUT2D eigenvalue weighted by Crippen LogP contribution is 2.34. The molecule has 2 aromatic rings. The highest BCUT2D eigenvalue weighted by Gasteiger charge is 2.31. The SMILES string of the molecule is Cc1cnc(C(=O)OCC(=O)N2CCCC2c2cccs2)cn1. The Morgan fingerprint density at radius 3 is 2.96 bits per heavy atom. The second-order valence-corrected chi connectivity index (χ2v) is 6.36. The van der Waals surface area contributed by atoms with Crippen molar-refractivity contribution in [1.82, 2.24) is 14.9 Å². The summed E-state index contributed by atoms with van der Waals surface area (Å²) in [4.78, 5) is 35.2. The zero-order valence-electron chi connectivity index (χ0n) is 12.8. The van der Waals surface area contributed by atoms with E-state index in [-0.39, 0.29) is 24.2 Å². The first-order valence-corrected chi connectivity index (χ1v) is 8.32. The van der Waals surface area contributed by atoms with E-state index < -0.39 is 5.97 Å². The number of ether oxygens (including phenoxy) is 1. The normalized spacial score (nSPS) is 17.3. The lowest BCUT2D eigenvalue weighted by molar-refractivity contribution is -0.135. The molecule has 1 amide bonds. The molecular formula is C16H17N3O3S. The van der Waals surface area contributed by atoms with Gasteiger partial charge in [0.05, 0.1) is 17.9 Å². The highest BCUT2D eigenvalue weighted by molar-refractivity contribution is 7.10. The molecule has 0 aliphatic carbocycles. The number of nitrogens with zero attached hydrogens (tertiary/aromatic N) is 3. The number of likely N-dealkylation sites (tertiary alicyclic amines) is 1. The predicted octanol–water partition coefficient (Wildman–Crippen LogP) is 2.37. The van der Waals surface area contributed by atoms with Crippen LogP contribution >= 0.6 is 11.3 Å². The minimum absolute atomic E-state index is 0.0976. The molecule has 1 aliphatic heterocycles. The molecule has 1 saturated heterocycles. The second-order valence-electron chi connectivity index (χ2n) is 5.38. The number of hydrogen-bond donors (Lipinski definition) is 0.